The number of aryl methyl sites for hydroxylation is 3. The zero-order valence-electron chi connectivity index (χ0n) is 24.0. The lowest BCUT2D eigenvalue weighted by atomic mass is 10.0. The van der Waals surface area contributed by atoms with E-state index in [0.717, 1.165) is 34.4 Å². The van der Waals surface area contributed by atoms with Gasteiger partial charge >= 0.3 is 5.97 Å². The van der Waals surface area contributed by atoms with E-state index in [-0.39, 0.29) is 6.42 Å². The Labute approximate surface area is 252 Å². The number of primary amides is 2. The van der Waals surface area contributed by atoms with Crippen LogP contribution in [0.5, 0.6) is 0 Å². The van der Waals surface area contributed by atoms with E-state index in [9.17, 15) is 19.5 Å². The highest BCUT2D eigenvalue weighted by molar-refractivity contribution is 5.98. The Morgan fingerprint density at radius 2 is 1.14 bits per heavy atom. The molecule has 2 heterocycles. The molecule has 220 valence electrons. The van der Waals surface area contributed by atoms with Gasteiger partial charge in [0.25, 0.3) is 0 Å². The van der Waals surface area contributed by atoms with E-state index in [0.29, 0.717) is 52.2 Å². The molecular weight excluding hydrogens is 556 g/mol. The van der Waals surface area contributed by atoms with Crippen molar-refractivity contribution in [2.75, 3.05) is 0 Å². The third-order valence-corrected chi connectivity index (χ3v) is 7.85. The molecule has 0 saturated carbocycles. The van der Waals surface area contributed by atoms with Crippen molar-refractivity contribution in [3.63, 3.8) is 0 Å². The quantitative estimate of drug-likeness (QED) is 0.209. The number of carbonyl (C=O) groups excluding carboxylic acids is 2. The number of benzene rings is 4. The molecule has 0 spiro atoms. The Balaban J connectivity index is 1.52. The maximum atomic E-state index is 12.0. The minimum Gasteiger partial charge on any atom is -0.481 e. The number of hydrogen-bond acceptors (Lipinski definition) is 5. The zero-order chi connectivity index (χ0) is 31.0. The van der Waals surface area contributed by atoms with Gasteiger partial charge in [-0.1, -0.05) is 55.5 Å². The van der Waals surface area contributed by atoms with E-state index < -0.39 is 17.8 Å². The second-order valence-electron chi connectivity index (χ2n) is 10.5. The topological polar surface area (TPSA) is 159 Å². The third-order valence-electron chi connectivity index (χ3n) is 7.85. The molecule has 0 unspecified atom stereocenters. The minimum atomic E-state index is -0.949. The molecule has 2 amide bonds. The van der Waals surface area contributed by atoms with Crippen molar-refractivity contribution in [1.29, 1.82) is 0 Å². The van der Waals surface area contributed by atoms with Crippen LogP contribution in [0.2, 0.25) is 0 Å². The predicted molar refractivity (Wildman–Crippen MR) is 168 cm³/mol. The van der Waals surface area contributed by atoms with Crippen LogP contribution in [0.4, 0.5) is 0 Å². The highest BCUT2D eigenvalue weighted by Gasteiger charge is 2.20. The summed E-state index contributed by atoms with van der Waals surface area (Å²) in [6.07, 6.45) is 0.642. The molecule has 5 N–H and O–H groups in total. The SMILES string of the molecule is CCc1ccccc1-c1nc2cc(C(N)=O)ccc2n1CCn1c(-c2ccccc2CC(=O)O)nc2cc(C(N)=O)ccc21. The Morgan fingerprint density at radius 1 is 0.682 bits per heavy atom. The van der Waals surface area contributed by atoms with E-state index in [4.69, 9.17) is 21.4 Å². The van der Waals surface area contributed by atoms with Gasteiger partial charge in [-0.25, -0.2) is 9.97 Å². The molecule has 6 aromatic rings. The van der Waals surface area contributed by atoms with Crippen LogP contribution in [-0.2, 0) is 30.7 Å². The number of carbonyl (C=O) groups is 3. The number of fused-ring (bicyclic) bond motifs is 2. The lowest BCUT2D eigenvalue weighted by molar-refractivity contribution is -0.136. The molecule has 0 fully saturated rings. The smallest absolute Gasteiger partial charge is 0.307 e. The van der Waals surface area contributed by atoms with Crippen LogP contribution in [0.25, 0.3) is 44.8 Å². The molecular formula is C34H30N6O4. The molecule has 6 rings (SSSR count). The molecule has 0 bridgehead atoms. The number of nitrogens with two attached hydrogens (primary N) is 2. The van der Waals surface area contributed by atoms with Gasteiger partial charge in [0.2, 0.25) is 11.8 Å². The molecule has 0 aliphatic rings. The molecule has 4 aromatic carbocycles. The zero-order valence-corrected chi connectivity index (χ0v) is 24.0. The largest absolute Gasteiger partial charge is 0.481 e. The van der Waals surface area contributed by atoms with E-state index in [1.54, 1.807) is 36.4 Å². The lowest BCUT2D eigenvalue weighted by Crippen LogP contribution is -2.12. The van der Waals surface area contributed by atoms with Gasteiger partial charge in [0.15, 0.2) is 0 Å². The van der Waals surface area contributed by atoms with Gasteiger partial charge in [0, 0.05) is 35.3 Å². The summed E-state index contributed by atoms with van der Waals surface area (Å²) in [6.45, 7) is 3.00. The van der Waals surface area contributed by atoms with Crippen molar-refractivity contribution in [3.05, 3.63) is 107 Å². The number of amides is 2. The standard InChI is InChI=1S/C34H30N6O4/c1-2-20-7-3-5-9-24(20)33-37-26-17-22(31(35)43)11-13-28(26)39(33)15-16-40-29-14-12-23(32(36)44)18-27(29)38-34(40)25-10-6-4-8-21(25)19-30(41)42/h3-14,17-18H,2,15-16,19H2,1H3,(H2,35,43)(H2,36,44)(H,41,42). The molecule has 10 nitrogen and oxygen atoms in total. The van der Waals surface area contributed by atoms with Gasteiger partial charge in [-0.2, -0.15) is 0 Å². The molecule has 0 radical (unpaired) electrons. The van der Waals surface area contributed by atoms with Crippen molar-refractivity contribution < 1.29 is 19.5 Å². The molecule has 0 aliphatic carbocycles. The Morgan fingerprint density at radius 3 is 1.59 bits per heavy atom. The number of aromatic nitrogens is 4. The van der Waals surface area contributed by atoms with Crippen LogP contribution >= 0.6 is 0 Å². The first-order valence-electron chi connectivity index (χ1n) is 14.2. The predicted octanol–water partition coefficient (Wildman–Crippen LogP) is 4.81. The fourth-order valence-electron chi connectivity index (χ4n) is 5.73. The highest BCUT2D eigenvalue weighted by Crippen LogP contribution is 2.32. The summed E-state index contributed by atoms with van der Waals surface area (Å²) in [7, 11) is 0. The van der Waals surface area contributed by atoms with Gasteiger partial charge < -0.3 is 25.7 Å². The number of rotatable bonds is 10. The molecule has 44 heavy (non-hydrogen) atoms. The summed E-state index contributed by atoms with van der Waals surface area (Å²) >= 11 is 0. The van der Waals surface area contributed by atoms with E-state index in [2.05, 4.69) is 17.6 Å². The number of imidazole rings is 2. The third kappa shape index (κ3) is 5.17. The normalized spacial score (nSPS) is 11.3. The fraction of sp³-hybridized carbons (Fsp3) is 0.147. The average Bonchev–Trinajstić information content (AvgIpc) is 3.56. The number of carboxylic acids is 1. The van der Waals surface area contributed by atoms with Crippen molar-refractivity contribution in [2.45, 2.75) is 32.9 Å². The second-order valence-corrected chi connectivity index (χ2v) is 10.5. The monoisotopic (exact) mass is 586 g/mol. The van der Waals surface area contributed by atoms with Crippen LogP contribution in [-0.4, -0.2) is 42.0 Å². The first-order chi connectivity index (χ1) is 21.2. The average molecular weight is 587 g/mol. The van der Waals surface area contributed by atoms with Crippen molar-refractivity contribution in [2.24, 2.45) is 11.5 Å². The van der Waals surface area contributed by atoms with Gasteiger partial charge in [0.1, 0.15) is 11.6 Å². The summed E-state index contributed by atoms with van der Waals surface area (Å²) in [4.78, 5) is 45.5. The van der Waals surface area contributed by atoms with Gasteiger partial charge in [-0.15, -0.1) is 0 Å². The van der Waals surface area contributed by atoms with Crippen molar-refractivity contribution in [3.8, 4) is 22.8 Å². The van der Waals surface area contributed by atoms with Crippen LogP contribution < -0.4 is 11.5 Å². The summed E-state index contributed by atoms with van der Waals surface area (Å²) in [5.41, 5.74) is 18.1. The van der Waals surface area contributed by atoms with Gasteiger partial charge in [-0.05, 0) is 53.9 Å². The summed E-state index contributed by atoms with van der Waals surface area (Å²) in [5.74, 6) is -0.701. The second kappa shape index (κ2) is 11.5. The number of hydrogen-bond donors (Lipinski definition) is 3. The molecule has 0 aliphatic heterocycles. The van der Waals surface area contributed by atoms with E-state index in [1.807, 2.05) is 47.0 Å². The highest BCUT2D eigenvalue weighted by atomic mass is 16.4. The Bertz CT molecular complexity index is 2090. The van der Waals surface area contributed by atoms with E-state index >= 15 is 0 Å². The van der Waals surface area contributed by atoms with Crippen molar-refractivity contribution >= 4 is 39.9 Å². The lowest BCUT2D eigenvalue weighted by Gasteiger charge is -2.15. The summed E-state index contributed by atoms with van der Waals surface area (Å²) in [6, 6.07) is 25.8. The van der Waals surface area contributed by atoms with Crippen LogP contribution in [0.15, 0.2) is 84.9 Å². The van der Waals surface area contributed by atoms with Crippen LogP contribution in [0.1, 0.15) is 38.8 Å². The molecule has 0 atom stereocenters. The molecule has 0 saturated heterocycles. The van der Waals surface area contributed by atoms with Crippen LogP contribution in [0.3, 0.4) is 0 Å². The maximum Gasteiger partial charge on any atom is 0.307 e. The van der Waals surface area contributed by atoms with E-state index in [1.165, 1.54) is 0 Å². The first-order valence-corrected chi connectivity index (χ1v) is 14.2. The maximum absolute atomic E-state index is 12.0. The first kappa shape index (κ1) is 28.4. The van der Waals surface area contributed by atoms with Crippen molar-refractivity contribution in [1.82, 2.24) is 19.1 Å². The van der Waals surface area contributed by atoms with Crippen LogP contribution in [0, 0.1) is 0 Å². The van der Waals surface area contributed by atoms with Gasteiger partial charge in [-0.3, -0.25) is 14.4 Å². The fourth-order valence-corrected chi connectivity index (χ4v) is 5.73. The number of carboxylic acid groups (broad SMARTS) is 1. The minimum absolute atomic E-state index is 0.168. The Kier molecular flexibility index (Phi) is 7.40. The number of aliphatic carboxylic acids is 1. The summed E-state index contributed by atoms with van der Waals surface area (Å²) < 4.78 is 4.14. The molecule has 10 heteroatoms. The molecule has 2 aromatic heterocycles. The summed E-state index contributed by atoms with van der Waals surface area (Å²) in [5, 5.41) is 9.59. The Hall–Kier alpha value is -5.77. The van der Waals surface area contributed by atoms with Gasteiger partial charge in [0.05, 0.1) is 28.5 Å². The number of nitrogens with zero attached hydrogens (tertiary/aromatic N) is 4.